The first-order valence-electron chi connectivity index (χ1n) is 13.2. The highest BCUT2D eigenvalue weighted by Crippen LogP contribution is 2.38. The Morgan fingerprint density at radius 1 is 1.18 bits per heavy atom. The second-order valence-electron chi connectivity index (χ2n) is 9.96. The molecule has 2 fully saturated rings. The number of pyridine rings is 1. The number of hydrogen-bond acceptors (Lipinski definition) is 7. The highest BCUT2D eigenvalue weighted by molar-refractivity contribution is 6.01. The highest BCUT2D eigenvalue weighted by Gasteiger charge is 2.49. The van der Waals surface area contributed by atoms with E-state index in [4.69, 9.17) is 14.5 Å². The summed E-state index contributed by atoms with van der Waals surface area (Å²) >= 11 is 0. The number of halogens is 3. The minimum Gasteiger partial charge on any atom is -0.475 e. The van der Waals surface area contributed by atoms with Crippen LogP contribution in [-0.4, -0.2) is 72.8 Å². The molecule has 2 aromatic rings. The van der Waals surface area contributed by atoms with Crippen molar-refractivity contribution in [1.82, 2.24) is 20.5 Å². The molecule has 2 saturated heterocycles. The number of allylic oxidation sites excluding steroid dienone is 1. The number of morpholine rings is 1. The molecule has 2 N–H and O–H groups in total. The van der Waals surface area contributed by atoms with Gasteiger partial charge in [-0.15, -0.1) is 0 Å². The molecule has 4 heterocycles. The Kier molecular flexibility index (Phi) is 8.01. The van der Waals surface area contributed by atoms with Gasteiger partial charge in [-0.25, -0.2) is 4.99 Å². The first kappa shape index (κ1) is 27.3. The third kappa shape index (κ3) is 6.00. The maximum Gasteiger partial charge on any atom is 0.416 e. The minimum absolute atomic E-state index is 0.0899. The van der Waals surface area contributed by atoms with Crippen LogP contribution in [0.5, 0.6) is 0 Å². The molecular formula is C28H32F3N5O3. The van der Waals surface area contributed by atoms with Crippen LogP contribution in [0.4, 0.5) is 13.2 Å². The molecule has 0 spiro atoms. The molecule has 8 nitrogen and oxygen atoms in total. The Hall–Kier alpha value is -3.28. The van der Waals surface area contributed by atoms with Gasteiger partial charge in [0.2, 0.25) is 5.90 Å². The van der Waals surface area contributed by atoms with Crippen LogP contribution in [0.15, 0.2) is 59.5 Å². The van der Waals surface area contributed by atoms with Crippen molar-refractivity contribution in [1.29, 1.82) is 0 Å². The average molecular weight is 544 g/mol. The van der Waals surface area contributed by atoms with E-state index >= 15 is 0 Å². The number of carbonyl (C=O) groups excluding carboxylic acids is 1. The van der Waals surface area contributed by atoms with Crippen LogP contribution in [0.3, 0.4) is 0 Å². The number of piperidine rings is 1. The molecule has 3 aliphatic rings. The van der Waals surface area contributed by atoms with Crippen LogP contribution in [0.1, 0.15) is 47.7 Å². The molecule has 0 radical (unpaired) electrons. The first-order valence-corrected chi connectivity index (χ1v) is 13.2. The van der Waals surface area contributed by atoms with E-state index in [9.17, 15) is 18.0 Å². The number of aliphatic imine (C=N–C) groups is 1. The van der Waals surface area contributed by atoms with E-state index < -0.39 is 23.3 Å². The fourth-order valence-corrected chi connectivity index (χ4v) is 5.28. The number of rotatable bonds is 5. The maximum atomic E-state index is 13.7. The number of nitrogens with one attached hydrogen (secondary N) is 2. The summed E-state index contributed by atoms with van der Waals surface area (Å²) in [5, 5.41) is 6.41. The van der Waals surface area contributed by atoms with Crippen molar-refractivity contribution in [3.05, 3.63) is 71.2 Å². The van der Waals surface area contributed by atoms with Crippen molar-refractivity contribution in [3.8, 4) is 0 Å². The maximum absolute atomic E-state index is 13.7. The lowest BCUT2D eigenvalue weighted by Gasteiger charge is -2.48. The summed E-state index contributed by atoms with van der Waals surface area (Å²) in [6.07, 6.45) is 0.604. The van der Waals surface area contributed by atoms with E-state index in [1.807, 2.05) is 19.1 Å². The van der Waals surface area contributed by atoms with E-state index in [-0.39, 0.29) is 11.7 Å². The summed E-state index contributed by atoms with van der Waals surface area (Å²) in [6, 6.07) is 8.21. The molecule has 5 rings (SSSR count). The number of carbonyl (C=O) groups is 1. The first-order chi connectivity index (χ1) is 18.8. The monoisotopic (exact) mass is 543 g/mol. The van der Waals surface area contributed by atoms with Crippen molar-refractivity contribution in [2.75, 3.05) is 39.4 Å². The van der Waals surface area contributed by atoms with Crippen LogP contribution >= 0.6 is 0 Å². The summed E-state index contributed by atoms with van der Waals surface area (Å²) < 4.78 is 52.5. The van der Waals surface area contributed by atoms with Crippen LogP contribution in [-0.2, 0) is 15.7 Å². The third-order valence-corrected chi connectivity index (χ3v) is 7.39. The topological polar surface area (TPSA) is 88.1 Å². The molecule has 1 unspecified atom stereocenters. The van der Waals surface area contributed by atoms with Crippen molar-refractivity contribution in [3.63, 3.8) is 0 Å². The van der Waals surface area contributed by atoms with Crippen LogP contribution < -0.4 is 10.6 Å². The van der Waals surface area contributed by atoms with Gasteiger partial charge in [0.15, 0.2) is 5.66 Å². The van der Waals surface area contributed by atoms with Gasteiger partial charge in [-0.05, 0) is 68.3 Å². The molecule has 39 heavy (non-hydrogen) atoms. The van der Waals surface area contributed by atoms with Gasteiger partial charge in [0, 0.05) is 43.2 Å². The molecule has 0 saturated carbocycles. The number of amides is 1. The lowest BCUT2D eigenvalue weighted by molar-refractivity contribution is -0.137. The Bertz CT molecular complexity index is 1240. The molecule has 1 atom stereocenters. The summed E-state index contributed by atoms with van der Waals surface area (Å²) in [4.78, 5) is 25.0. The van der Waals surface area contributed by atoms with Gasteiger partial charge < -0.3 is 20.1 Å². The number of benzene rings is 1. The summed E-state index contributed by atoms with van der Waals surface area (Å²) in [5.41, 5.74) is 0.259. The van der Waals surface area contributed by atoms with Crippen LogP contribution in [0.25, 0.3) is 5.57 Å². The van der Waals surface area contributed by atoms with Gasteiger partial charge in [-0.1, -0.05) is 12.1 Å². The second kappa shape index (κ2) is 11.4. The molecule has 1 aromatic heterocycles. The normalized spacial score (nSPS) is 23.3. The molecule has 1 amide bonds. The summed E-state index contributed by atoms with van der Waals surface area (Å²) in [7, 11) is 0. The predicted molar refractivity (Wildman–Crippen MR) is 140 cm³/mol. The fourth-order valence-electron chi connectivity index (χ4n) is 5.28. The van der Waals surface area contributed by atoms with Crippen molar-refractivity contribution < 1.29 is 27.4 Å². The lowest BCUT2D eigenvalue weighted by Crippen LogP contribution is -2.69. The van der Waals surface area contributed by atoms with Gasteiger partial charge in [0.25, 0.3) is 5.91 Å². The van der Waals surface area contributed by atoms with Gasteiger partial charge in [0.05, 0.1) is 18.8 Å². The van der Waals surface area contributed by atoms with Crippen molar-refractivity contribution in [2.24, 2.45) is 4.99 Å². The molecule has 0 aliphatic carbocycles. The minimum atomic E-state index is -4.57. The smallest absolute Gasteiger partial charge is 0.416 e. The fraction of sp³-hybridized carbons (Fsp3) is 0.464. The molecule has 11 heteroatoms. The van der Waals surface area contributed by atoms with Gasteiger partial charge >= 0.3 is 6.18 Å². The van der Waals surface area contributed by atoms with Crippen molar-refractivity contribution >= 4 is 17.4 Å². The molecule has 3 aliphatic heterocycles. The summed E-state index contributed by atoms with van der Waals surface area (Å²) in [5.74, 6) is -0.291. The Labute approximate surface area is 225 Å². The molecule has 0 bridgehead atoms. The molecular weight excluding hydrogens is 511 g/mol. The van der Waals surface area contributed by atoms with E-state index in [1.165, 1.54) is 12.1 Å². The zero-order chi connectivity index (χ0) is 27.5. The lowest BCUT2D eigenvalue weighted by atomic mass is 9.88. The molecule has 1 aromatic carbocycles. The summed E-state index contributed by atoms with van der Waals surface area (Å²) in [6.45, 7) is 5.34. The zero-order valence-electron chi connectivity index (χ0n) is 21.8. The number of nitrogens with zero attached hydrogens (tertiary/aromatic N) is 3. The second-order valence-corrected chi connectivity index (χ2v) is 9.96. The van der Waals surface area contributed by atoms with Crippen LogP contribution in [0, 0.1) is 0 Å². The van der Waals surface area contributed by atoms with Crippen LogP contribution in [0.2, 0.25) is 0 Å². The number of ether oxygens (including phenoxy) is 2. The third-order valence-electron chi connectivity index (χ3n) is 7.39. The van der Waals surface area contributed by atoms with E-state index in [0.29, 0.717) is 38.6 Å². The van der Waals surface area contributed by atoms with Gasteiger partial charge in [-0.3, -0.25) is 14.7 Å². The quantitative estimate of drug-likeness (QED) is 0.596. The van der Waals surface area contributed by atoms with Gasteiger partial charge in [-0.2, -0.15) is 13.2 Å². The number of aromatic nitrogens is 1. The highest BCUT2D eigenvalue weighted by atomic mass is 19.4. The Morgan fingerprint density at radius 2 is 1.95 bits per heavy atom. The number of alkyl halides is 3. The van der Waals surface area contributed by atoms with E-state index in [1.54, 1.807) is 12.4 Å². The Morgan fingerprint density at radius 3 is 2.64 bits per heavy atom. The number of hydrogen-bond donors (Lipinski definition) is 2. The largest absolute Gasteiger partial charge is 0.475 e. The van der Waals surface area contributed by atoms with E-state index in [2.05, 4.69) is 20.5 Å². The standard InChI is InChI=1S/C28H32F3N5O3/c1-19-24(21-5-3-9-33-18-21)17-27(36-12-14-38-15-13-36,26(34-19)39-23-7-10-32-11-8-23)35-25(37)20-4-2-6-22(16-20)28(29,30)31/h2-6,9,16,18,23,32H,7-8,10-15,17H2,1H3,(H,35,37). The SMILES string of the molecule is CC1=C(c2cccnc2)CC(NC(=O)c2cccc(C(F)(F)F)c2)(N2CCOCC2)C(OC2CCNCC2)=N1. The Balaban J connectivity index is 1.58. The average Bonchev–Trinajstić information content (AvgIpc) is 2.95. The molecule has 208 valence electrons. The van der Waals surface area contributed by atoms with Gasteiger partial charge in [0.1, 0.15) is 6.10 Å². The van der Waals surface area contributed by atoms with Crippen molar-refractivity contribution in [2.45, 2.75) is 44.1 Å². The predicted octanol–water partition coefficient (Wildman–Crippen LogP) is 3.86. The zero-order valence-corrected chi connectivity index (χ0v) is 21.8. The van der Waals surface area contributed by atoms with E-state index in [0.717, 1.165) is 54.9 Å².